The SMILES string of the molecule is [B]C1(c2ccnc(-c3cccc4c3oc3nc5ccccc5cc34)c2)CCCCC1. The van der Waals surface area contributed by atoms with E-state index in [1.54, 1.807) is 0 Å². The number of aromatic nitrogens is 2. The van der Waals surface area contributed by atoms with Gasteiger partial charge < -0.3 is 4.42 Å². The van der Waals surface area contributed by atoms with E-state index in [1.165, 1.54) is 24.8 Å². The van der Waals surface area contributed by atoms with E-state index < -0.39 is 0 Å². The number of hydrogen-bond acceptors (Lipinski definition) is 3. The van der Waals surface area contributed by atoms with Crippen molar-refractivity contribution in [3.63, 3.8) is 0 Å². The monoisotopic (exact) mass is 388 g/mol. The van der Waals surface area contributed by atoms with Crippen molar-refractivity contribution in [2.45, 2.75) is 37.4 Å². The van der Waals surface area contributed by atoms with Crippen LogP contribution in [-0.4, -0.2) is 17.8 Å². The summed E-state index contributed by atoms with van der Waals surface area (Å²) in [7, 11) is 6.80. The number of rotatable bonds is 2. The average molecular weight is 388 g/mol. The molecule has 0 spiro atoms. The zero-order chi connectivity index (χ0) is 20.1. The van der Waals surface area contributed by atoms with E-state index >= 15 is 0 Å². The number of benzene rings is 2. The van der Waals surface area contributed by atoms with Gasteiger partial charge in [-0.3, -0.25) is 4.98 Å². The molecule has 2 aromatic carbocycles. The van der Waals surface area contributed by atoms with Gasteiger partial charge in [-0.2, -0.15) is 0 Å². The highest BCUT2D eigenvalue weighted by molar-refractivity contribution is 6.16. The summed E-state index contributed by atoms with van der Waals surface area (Å²) in [5.74, 6) is 0. The van der Waals surface area contributed by atoms with Crippen LogP contribution < -0.4 is 0 Å². The van der Waals surface area contributed by atoms with Crippen LogP contribution in [0.15, 0.2) is 71.3 Å². The van der Waals surface area contributed by atoms with Crippen molar-refractivity contribution >= 4 is 40.8 Å². The molecule has 1 aliphatic rings. The summed E-state index contributed by atoms with van der Waals surface area (Å²) in [4.78, 5) is 9.42. The molecular formula is C26H21BN2O. The van der Waals surface area contributed by atoms with Crippen LogP contribution in [0.5, 0.6) is 0 Å². The first-order valence-corrected chi connectivity index (χ1v) is 10.7. The van der Waals surface area contributed by atoms with Gasteiger partial charge in [-0.05, 0) is 41.2 Å². The first-order valence-electron chi connectivity index (χ1n) is 10.7. The quantitative estimate of drug-likeness (QED) is 0.323. The van der Waals surface area contributed by atoms with E-state index in [1.807, 2.05) is 24.4 Å². The van der Waals surface area contributed by atoms with Gasteiger partial charge in [0.1, 0.15) is 5.58 Å². The molecule has 0 bridgehead atoms. The molecule has 3 nitrogen and oxygen atoms in total. The second-order valence-electron chi connectivity index (χ2n) is 8.46. The third-order valence-electron chi connectivity index (χ3n) is 6.55. The van der Waals surface area contributed by atoms with Gasteiger partial charge in [-0.1, -0.05) is 62.4 Å². The van der Waals surface area contributed by atoms with E-state index in [0.29, 0.717) is 5.71 Å². The Kier molecular flexibility index (Phi) is 3.95. The molecule has 0 aliphatic heterocycles. The van der Waals surface area contributed by atoms with Gasteiger partial charge in [0.05, 0.1) is 19.1 Å². The molecular weight excluding hydrogens is 367 g/mol. The molecule has 1 aliphatic carbocycles. The Morgan fingerprint density at radius 1 is 0.867 bits per heavy atom. The summed E-state index contributed by atoms with van der Waals surface area (Å²) < 4.78 is 6.27. The van der Waals surface area contributed by atoms with Gasteiger partial charge in [-0.15, -0.1) is 0 Å². The third kappa shape index (κ3) is 2.74. The Hall–Kier alpha value is -3.14. The van der Waals surface area contributed by atoms with E-state index in [-0.39, 0.29) is 5.31 Å². The maximum Gasteiger partial charge on any atom is 0.227 e. The fourth-order valence-corrected chi connectivity index (χ4v) is 4.89. The zero-order valence-corrected chi connectivity index (χ0v) is 16.8. The van der Waals surface area contributed by atoms with E-state index in [4.69, 9.17) is 17.2 Å². The van der Waals surface area contributed by atoms with Gasteiger partial charge in [0, 0.05) is 27.9 Å². The van der Waals surface area contributed by atoms with Gasteiger partial charge >= 0.3 is 0 Å². The van der Waals surface area contributed by atoms with Crippen molar-refractivity contribution in [2.75, 3.05) is 0 Å². The molecule has 2 radical (unpaired) electrons. The first kappa shape index (κ1) is 17.7. The third-order valence-corrected chi connectivity index (χ3v) is 6.55. The summed E-state index contributed by atoms with van der Waals surface area (Å²) in [5.41, 5.74) is 5.48. The van der Waals surface area contributed by atoms with Gasteiger partial charge in [0.15, 0.2) is 0 Å². The first-order chi connectivity index (χ1) is 14.7. The standard InChI is InChI=1S/C26H21BN2O/c27-26(12-4-1-5-13-26)18-11-14-28-23(16-18)20-9-6-8-19-21-15-17-7-2-3-10-22(17)29-25(21)30-24(19)20/h2-3,6-11,14-16H,1,4-5,12-13H2. The Labute approximate surface area is 176 Å². The number of para-hydroxylation sites is 2. The Balaban J connectivity index is 1.54. The summed E-state index contributed by atoms with van der Waals surface area (Å²) in [6, 6.07) is 20.7. The lowest BCUT2D eigenvalue weighted by Crippen LogP contribution is -2.29. The molecule has 30 heavy (non-hydrogen) atoms. The predicted octanol–water partition coefficient (Wildman–Crippen LogP) is 6.52. The lowest BCUT2D eigenvalue weighted by molar-refractivity contribution is 0.398. The van der Waals surface area contributed by atoms with Crippen LogP contribution in [0.2, 0.25) is 0 Å². The van der Waals surface area contributed by atoms with Crippen LogP contribution in [-0.2, 0) is 5.31 Å². The molecule has 3 heterocycles. The molecule has 5 aromatic rings. The van der Waals surface area contributed by atoms with Gasteiger partial charge in [-0.25, -0.2) is 4.98 Å². The Bertz CT molecular complexity index is 1400. The van der Waals surface area contributed by atoms with Crippen molar-refractivity contribution in [1.29, 1.82) is 0 Å². The molecule has 0 N–H and O–H groups in total. The largest absolute Gasteiger partial charge is 0.437 e. The maximum atomic E-state index is 6.80. The molecule has 144 valence electrons. The van der Waals surface area contributed by atoms with Crippen molar-refractivity contribution in [3.8, 4) is 11.3 Å². The lowest BCUT2D eigenvalue weighted by Gasteiger charge is -2.34. The molecule has 0 saturated heterocycles. The summed E-state index contributed by atoms with van der Waals surface area (Å²) >= 11 is 0. The van der Waals surface area contributed by atoms with Crippen LogP contribution in [0, 0.1) is 0 Å². The van der Waals surface area contributed by atoms with Crippen LogP contribution in [0.4, 0.5) is 0 Å². The highest BCUT2D eigenvalue weighted by atomic mass is 16.3. The van der Waals surface area contributed by atoms with Crippen molar-refractivity contribution in [3.05, 3.63) is 72.4 Å². The van der Waals surface area contributed by atoms with Crippen LogP contribution >= 0.6 is 0 Å². The van der Waals surface area contributed by atoms with Crippen molar-refractivity contribution in [2.24, 2.45) is 0 Å². The minimum absolute atomic E-state index is 0.253. The van der Waals surface area contributed by atoms with E-state index in [2.05, 4.69) is 47.4 Å². The number of pyridine rings is 2. The van der Waals surface area contributed by atoms with Crippen LogP contribution in [0.1, 0.15) is 37.7 Å². The molecule has 6 rings (SSSR count). The number of hydrogen-bond donors (Lipinski definition) is 0. The molecule has 0 amide bonds. The van der Waals surface area contributed by atoms with Crippen LogP contribution in [0.25, 0.3) is 44.2 Å². The highest BCUT2D eigenvalue weighted by Gasteiger charge is 2.28. The van der Waals surface area contributed by atoms with Gasteiger partial charge in [0.2, 0.25) is 5.71 Å². The normalized spacial score (nSPS) is 16.4. The summed E-state index contributed by atoms with van der Waals surface area (Å²) in [6.45, 7) is 0. The Morgan fingerprint density at radius 3 is 2.63 bits per heavy atom. The summed E-state index contributed by atoms with van der Waals surface area (Å²) in [6.07, 6.45) is 7.58. The molecule has 3 aromatic heterocycles. The number of nitrogens with zero attached hydrogens (tertiary/aromatic N) is 2. The predicted molar refractivity (Wildman–Crippen MR) is 123 cm³/mol. The van der Waals surface area contributed by atoms with Crippen molar-refractivity contribution < 1.29 is 4.42 Å². The number of furan rings is 1. The lowest BCUT2D eigenvalue weighted by atomic mass is 9.57. The maximum absolute atomic E-state index is 6.80. The average Bonchev–Trinajstić information content (AvgIpc) is 3.15. The highest BCUT2D eigenvalue weighted by Crippen LogP contribution is 2.39. The smallest absolute Gasteiger partial charge is 0.227 e. The molecule has 1 saturated carbocycles. The molecule has 1 fully saturated rings. The van der Waals surface area contributed by atoms with Gasteiger partial charge in [0.25, 0.3) is 0 Å². The molecule has 0 atom stereocenters. The fraction of sp³-hybridized carbons (Fsp3) is 0.231. The second kappa shape index (κ2) is 6.70. The topological polar surface area (TPSA) is 38.9 Å². The van der Waals surface area contributed by atoms with Crippen LogP contribution in [0.3, 0.4) is 0 Å². The zero-order valence-electron chi connectivity index (χ0n) is 16.8. The van der Waals surface area contributed by atoms with E-state index in [0.717, 1.165) is 51.4 Å². The van der Waals surface area contributed by atoms with E-state index in [9.17, 15) is 0 Å². The molecule has 4 heteroatoms. The Morgan fingerprint density at radius 2 is 1.73 bits per heavy atom. The summed E-state index contributed by atoms with van der Waals surface area (Å²) in [5, 5.41) is 2.95. The minimum atomic E-state index is -0.253. The molecule has 0 unspecified atom stereocenters. The van der Waals surface area contributed by atoms with Crippen molar-refractivity contribution in [1.82, 2.24) is 9.97 Å². The fourth-order valence-electron chi connectivity index (χ4n) is 4.89. The second-order valence-corrected chi connectivity index (χ2v) is 8.46. The number of fused-ring (bicyclic) bond motifs is 4. The minimum Gasteiger partial charge on any atom is -0.437 e.